The van der Waals surface area contributed by atoms with E-state index in [0.717, 1.165) is 17.8 Å². The molecule has 0 aliphatic rings. The lowest BCUT2D eigenvalue weighted by atomic mass is 10.1. The molecular weight excluding hydrogens is 437 g/mol. The predicted octanol–water partition coefficient (Wildman–Crippen LogP) is 4.98. The zero-order chi connectivity index (χ0) is 24.3. The van der Waals surface area contributed by atoms with E-state index in [2.05, 4.69) is 15.7 Å². The number of aryl methyl sites for hydroxylation is 2. The van der Waals surface area contributed by atoms with E-state index in [1.807, 2.05) is 0 Å². The number of hydrogen-bond donors (Lipinski definition) is 2. The molecule has 2 aromatic carbocycles. The fourth-order valence-electron chi connectivity index (χ4n) is 3.16. The van der Waals surface area contributed by atoms with Gasteiger partial charge in [-0.3, -0.25) is 9.48 Å². The number of nitrogens with one attached hydrogen (secondary N) is 2. The SMILES string of the molecule is Cc1nn(C)c(C)c1NC(=O)[C@H](C)OC(=O)c1ccccc1Nc1cccc(C(F)(F)F)c1. The molecule has 0 saturated carbocycles. The zero-order valence-corrected chi connectivity index (χ0v) is 18.4. The smallest absolute Gasteiger partial charge is 0.416 e. The van der Waals surface area contributed by atoms with Gasteiger partial charge in [0.15, 0.2) is 6.10 Å². The Hall–Kier alpha value is -3.82. The second-order valence-electron chi connectivity index (χ2n) is 7.46. The molecular formula is C23H23F3N4O3. The van der Waals surface area contributed by atoms with Gasteiger partial charge in [0.2, 0.25) is 0 Å². The van der Waals surface area contributed by atoms with E-state index in [9.17, 15) is 22.8 Å². The number of carbonyl (C=O) groups excluding carboxylic acids is 2. The Morgan fingerprint density at radius 1 is 1.09 bits per heavy atom. The second kappa shape index (κ2) is 9.35. The summed E-state index contributed by atoms with van der Waals surface area (Å²) in [6, 6.07) is 10.8. The molecule has 174 valence electrons. The normalized spacial score (nSPS) is 12.2. The van der Waals surface area contributed by atoms with Gasteiger partial charge in [0.25, 0.3) is 5.91 Å². The van der Waals surface area contributed by atoms with Crippen LogP contribution in [0.2, 0.25) is 0 Å². The van der Waals surface area contributed by atoms with Crippen LogP contribution in [0.4, 0.5) is 30.2 Å². The molecule has 0 radical (unpaired) electrons. The lowest BCUT2D eigenvalue weighted by Gasteiger charge is -2.16. The van der Waals surface area contributed by atoms with Crippen molar-refractivity contribution in [1.82, 2.24) is 9.78 Å². The third-order valence-electron chi connectivity index (χ3n) is 5.03. The number of para-hydroxylation sites is 1. The fraction of sp³-hybridized carbons (Fsp3) is 0.261. The summed E-state index contributed by atoms with van der Waals surface area (Å²) < 4.78 is 45.9. The summed E-state index contributed by atoms with van der Waals surface area (Å²) in [5.74, 6) is -1.33. The third-order valence-corrected chi connectivity index (χ3v) is 5.03. The van der Waals surface area contributed by atoms with E-state index in [1.54, 1.807) is 37.7 Å². The Balaban J connectivity index is 1.74. The van der Waals surface area contributed by atoms with Crippen LogP contribution in [-0.4, -0.2) is 27.8 Å². The van der Waals surface area contributed by atoms with Gasteiger partial charge in [-0.1, -0.05) is 18.2 Å². The standard InChI is InChI=1S/C23H23F3N4O3/c1-13-20(14(2)30(4)29-13)28-21(31)15(3)33-22(32)18-10-5-6-11-19(18)27-17-9-7-8-16(12-17)23(24,25)26/h5-12,15,27H,1-4H3,(H,28,31)/t15-/m0/s1. The van der Waals surface area contributed by atoms with Crippen LogP contribution in [0.3, 0.4) is 0 Å². The first-order chi connectivity index (χ1) is 15.5. The Morgan fingerprint density at radius 2 is 1.79 bits per heavy atom. The van der Waals surface area contributed by atoms with Crippen molar-refractivity contribution in [1.29, 1.82) is 0 Å². The summed E-state index contributed by atoms with van der Waals surface area (Å²) in [6.07, 6.45) is -5.62. The molecule has 2 N–H and O–H groups in total. The molecule has 3 aromatic rings. The fourth-order valence-corrected chi connectivity index (χ4v) is 3.16. The number of carbonyl (C=O) groups is 2. The van der Waals surface area contributed by atoms with Gasteiger partial charge in [0.1, 0.15) is 0 Å². The molecule has 1 heterocycles. The molecule has 1 aromatic heterocycles. The van der Waals surface area contributed by atoms with Crippen LogP contribution in [-0.2, 0) is 22.8 Å². The van der Waals surface area contributed by atoms with Gasteiger partial charge in [0, 0.05) is 12.7 Å². The molecule has 10 heteroatoms. The van der Waals surface area contributed by atoms with E-state index >= 15 is 0 Å². The summed E-state index contributed by atoms with van der Waals surface area (Å²) in [7, 11) is 1.75. The highest BCUT2D eigenvalue weighted by Gasteiger charge is 2.30. The zero-order valence-electron chi connectivity index (χ0n) is 18.4. The van der Waals surface area contributed by atoms with Crippen LogP contribution in [0.1, 0.15) is 34.2 Å². The van der Waals surface area contributed by atoms with Crippen LogP contribution in [0, 0.1) is 13.8 Å². The maximum Gasteiger partial charge on any atom is 0.416 e. The molecule has 0 saturated heterocycles. The molecule has 1 atom stereocenters. The second-order valence-corrected chi connectivity index (χ2v) is 7.46. The minimum absolute atomic E-state index is 0.0725. The number of alkyl halides is 3. The van der Waals surface area contributed by atoms with Crippen molar-refractivity contribution in [2.45, 2.75) is 33.1 Å². The van der Waals surface area contributed by atoms with Gasteiger partial charge in [-0.25, -0.2) is 4.79 Å². The minimum atomic E-state index is -4.50. The van der Waals surface area contributed by atoms with Gasteiger partial charge in [0.05, 0.1) is 33.9 Å². The van der Waals surface area contributed by atoms with Gasteiger partial charge >= 0.3 is 12.1 Å². The van der Waals surface area contributed by atoms with Crippen LogP contribution >= 0.6 is 0 Å². The van der Waals surface area contributed by atoms with E-state index in [1.165, 1.54) is 31.2 Å². The summed E-state index contributed by atoms with van der Waals surface area (Å²) in [6.45, 7) is 4.97. The van der Waals surface area contributed by atoms with Crippen molar-refractivity contribution in [3.05, 3.63) is 71.0 Å². The van der Waals surface area contributed by atoms with Gasteiger partial charge in [-0.05, 0) is 51.1 Å². The number of rotatable bonds is 6. The highest BCUT2D eigenvalue weighted by Crippen LogP contribution is 2.32. The molecule has 7 nitrogen and oxygen atoms in total. The first kappa shape index (κ1) is 23.8. The molecule has 0 aliphatic carbocycles. The lowest BCUT2D eigenvalue weighted by Crippen LogP contribution is -2.30. The molecule has 0 unspecified atom stereocenters. The van der Waals surface area contributed by atoms with Gasteiger partial charge in [-0.15, -0.1) is 0 Å². The van der Waals surface area contributed by atoms with Crippen molar-refractivity contribution in [3.8, 4) is 0 Å². The number of anilines is 3. The highest BCUT2D eigenvalue weighted by molar-refractivity contribution is 6.00. The van der Waals surface area contributed by atoms with Gasteiger partial charge in [-0.2, -0.15) is 18.3 Å². The molecule has 0 fully saturated rings. The number of halogens is 3. The average Bonchev–Trinajstić information content (AvgIpc) is 2.99. The maximum atomic E-state index is 13.0. The highest BCUT2D eigenvalue weighted by atomic mass is 19.4. The topological polar surface area (TPSA) is 85.2 Å². The van der Waals surface area contributed by atoms with Gasteiger partial charge < -0.3 is 15.4 Å². The van der Waals surface area contributed by atoms with Crippen LogP contribution < -0.4 is 10.6 Å². The summed E-state index contributed by atoms with van der Waals surface area (Å²) in [5, 5.41) is 9.74. The van der Waals surface area contributed by atoms with Crippen molar-refractivity contribution in [3.63, 3.8) is 0 Å². The molecule has 0 aliphatic heterocycles. The molecule has 0 bridgehead atoms. The summed E-state index contributed by atoms with van der Waals surface area (Å²) >= 11 is 0. The Labute approximate surface area is 188 Å². The molecule has 1 amide bonds. The molecule has 3 rings (SSSR count). The number of aromatic nitrogens is 2. The monoisotopic (exact) mass is 460 g/mol. The van der Waals surface area contributed by atoms with Crippen molar-refractivity contribution >= 4 is 28.9 Å². The van der Waals surface area contributed by atoms with Crippen molar-refractivity contribution in [2.75, 3.05) is 10.6 Å². The summed E-state index contributed by atoms with van der Waals surface area (Å²) in [5.41, 5.74) is 1.55. The van der Waals surface area contributed by atoms with Crippen LogP contribution in [0.15, 0.2) is 48.5 Å². The number of amides is 1. The first-order valence-corrected chi connectivity index (χ1v) is 10.0. The number of hydrogen-bond acceptors (Lipinski definition) is 5. The number of esters is 1. The van der Waals surface area contributed by atoms with E-state index in [-0.39, 0.29) is 16.9 Å². The number of ether oxygens (including phenoxy) is 1. The largest absolute Gasteiger partial charge is 0.449 e. The molecule has 33 heavy (non-hydrogen) atoms. The van der Waals surface area contributed by atoms with Crippen LogP contribution in [0.5, 0.6) is 0 Å². The Kier molecular flexibility index (Phi) is 6.75. The number of nitrogens with zero attached hydrogens (tertiary/aromatic N) is 2. The molecule has 0 spiro atoms. The Bertz CT molecular complexity index is 1190. The average molecular weight is 460 g/mol. The van der Waals surface area contributed by atoms with E-state index < -0.39 is 29.7 Å². The summed E-state index contributed by atoms with van der Waals surface area (Å²) in [4.78, 5) is 25.3. The maximum absolute atomic E-state index is 13.0. The van der Waals surface area contributed by atoms with E-state index in [0.29, 0.717) is 11.4 Å². The Morgan fingerprint density at radius 3 is 2.42 bits per heavy atom. The van der Waals surface area contributed by atoms with Crippen LogP contribution in [0.25, 0.3) is 0 Å². The first-order valence-electron chi connectivity index (χ1n) is 10.0. The van der Waals surface area contributed by atoms with Crippen molar-refractivity contribution < 1.29 is 27.5 Å². The third kappa shape index (κ3) is 5.51. The van der Waals surface area contributed by atoms with E-state index in [4.69, 9.17) is 4.74 Å². The number of benzene rings is 2. The van der Waals surface area contributed by atoms with Crippen molar-refractivity contribution in [2.24, 2.45) is 7.05 Å². The minimum Gasteiger partial charge on any atom is -0.449 e. The predicted molar refractivity (Wildman–Crippen MR) is 117 cm³/mol. The lowest BCUT2D eigenvalue weighted by molar-refractivity contribution is -0.137. The quantitative estimate of drug-likeness (QED) is 0.507.